The topological polar surface area (TPSA) is 66.8 Å². The molecule has 0 fully saturated rings. The van der Waals surface area contributed by atoms with Gasteiger partial charge in [0.05, 0.1) is 18.6 Å². The number of carbonyl (C=O) groups is 2. The minimum absolute atomic E-state index is 0.0974. The average Bonchev–Trinajstić information content (AvgIpc) is 2.35. The average molecular weight is 286 g/mol. The molecular formula is C13H16ClNO4. The van der Waals surface area contributed by atoms with Crippen LogP contribution in [0.4, 0.5) is 0 Å². The molecular weight excluding hydrogens is 270 g/mol. The van der Waals surface area contributed by atoms with E-state index in [1.807, 2.05) is 6.92 Å². The fourth-order valence-corrected chi connectivity index (χ4v) is 1.68. The fourth-order valence-electron chi connectivity index (χ4n) is 1.52. The van der Waals surface area contributed by atoms with Crippen molar-refractivity contribution < 1.29 is 19.4 Å². The van der Waals surface area contributed by atoms with Crippen LogP contribution >= 0.6 is 11.6 Å². The van der Waals surface area contributed by atoms with E-state index in [9.17, 15) is 9.59 Å². The highest BCUT2D eigenvalue weighted by atomic mass is 35.5. The van der Waals surface area contributed by atoms with Gasteiger partial charge in [-0.2, -0.15) is 0 Å². The quantitative estimate of drug-likeness (QED) is 0.871. The van der Waals surface area contributed by atoms with E-state index in [0.717, 1.165) is 0 Å². The zero-order valence-corrected chi connectivity index (χ0v) is 11.6. The van der Waals surface area contributed by atoms with Gasteiger partial charge in [-0.3, -0.25) is 9.59 Å². The molecule has 104 valence electrons. The molecule has 0 bridgehead atoms. The molecule has 0 aliphatic rings. The van der Waals surface area contributed by atoms with Gasteiger partial charge in [-0.15, -0.1) is 0 Å². The van der Waals surface area contributed by atoms with Gasteiger partial charge in [0, 0.05) is 18.6 Å². The molecule has 1 N–H and O–H groups in total. The van der Waals surface area contributed by atoms with Gasteiger partial charge in [-0.1, -0.05) is 11.6 Å². The third kappa shape index (κ3) is 4.44. The summed E-state index contributed by atoms with van der Waals surface area (Å²) in [5.74, 6) is -0.829. The molecule has 0 aliphatic heterocycles. The Morgan fingerprint density at radius 3 is 2.68 bits per heavy atom. The second-order valence-corrected chi connectivity index (χ2v) is 4.38. The van der Waals surface area contributed by atoms with Crippen molar-refractivity contribution in [2.45, 2.75) is 13.3 Å². The number of hydrogen-bond acceptors (Lipinski definition) is 3. The Labute approximate surface area is 116 Å². The van der Waals surface area contributed by atoms with Gasteiger partial charge in [0.1, 0.15) is 5.75 Å². The molecule has 0 saturated carbocycles. The van der Waals surface area contributed by atoms with Gasteiger partial charge in [-0.05, 0) is 25.1 Å². The lowest BCUT2D eigenvalue weighted by atomic mass is 10.1. The summed E-state index contributed by atoms with van der Waals surface area (Å²) < 4.78 is 5.37. The van der Waals surface area contributed by atoms with Crippen LogP contribution in [0.2, 0.25) is 5.02 Å². The molecule has 5 nitrogen and oxygen atoms in total. The van der Waals surface area contributed by atoms with Crippen molar-refractivity contribution in [1.82, 2.24) is 4.90 Å². The largest absolute Gasteiger partial charge is 0.493 e. The van der Waals surface area contributed by atoms with Crippen LogP contribution in [-0.4, -0.2) is 42.1 Å². The van der Waals surface area contributed by atoms with Gasteiger partial charge in [-0.25, -0.2) is 0 Å². The summed E-state index contributed by atoms with van der Waals surface area (Å²) in [6.45, 7) is 2.37. The lowest BCUT2D eigenvalue weighted by Crippen LogP contribution is -2.29. The van der Waals surface area contributed by atoms with E-state index in [1.54, 1.807) is 25.2 Å². The highest BCUT2D eigenvalue weighted by molar-refractivity contribution is 6.30. The Hall–Kier alpha value is -1.75. The number of benzene rings is 1. The van der Waals surface area contributed by atoms with Gasteiger partial charge < -0.3 is 14.7 Å². The van der Waals surface area contributed by atoms with E-state index in [0.29, 0.717) is 22.9 Å². The standard InChI is InChI=1S/C13H16ClNO4/c1-3-19-11-8-9(14)4-5-10(11)13(18)15(2)7-6-12(16)17/h4-5,8H,3,6-7H2,1-2H3,(H,16,17). The van der Waals surface area contributed by atoms with E-state index in [2.05, 4.69) is 0 Å². The maximum absolute atomic E-state index is 12.2. The number of carboxylic acid groups (broad SMARTS) is 1. The first-order valence-electron chi connectivity index (χ1n) is 5.85. The zero-order chi connectivity index (χ0) is 14.4. The minimum atomic E-state index is -0.944. The highest BCUT2D eigenvalue weighted by Crippen LogP contribution is 2.24. The summed E-state index contributed by atoms with van der Waals surface area (Å²) in [5.41, 5.74) is 0.374. The van der Waals surface area contributed by atoms with Crippen molar-refractivity contribution >= 4 is 23.5 Å². The Balaban J connectivity index is 2.88. The number of hydrogen-bond donors (Lipinski definition) is 1. The van der Waals surface area contributed by atoms with Crippen molar-refractivity contribution in [2.24, 2.45) is 0 Å². The predicted molar refractivity (Wildman–Crippen MR) is 71.8 cm³/mol. The predicted octanol–water partition coefficient (Wildman–Crippen LogP) is 2.29. The smallest absolute Gasteiger partial charge is 0.305 e. The number of ether oxygens (including phenoxy) is 1. The fraction of sp³-hybridized carbons (Fsp3) is 0.385. The van der Waals surface area contributed by atoms with Crippen LogP contribution in [0, 0.1) is 0 Å². The molecule has 19 heavy (non-hydrogen) atoms. The molecule has 0 radical (unpaired) electrons. The second-order valence-electron chi connectivity index (χ2n) is 3.94. The molecule has 1 aromatic carbocycles. The van der Waals surface area contributed by atoms with Crippen molar-refractivity contribution in [1.29, 1.82) is 0 Å². The van der Waals surface area contributed by atoms with E-state index in [4.69, 9.17) is 21.4 Å². The number of carbonyl (C=O) groups excluding carboxylic acids is 1. The van der Waals surface area contributed by atoms with Crippen LogP contribution in [-0.2, 0) is 4.79 Å². The lowest BCUT2D eigenvalue weighted by Gasteiger charge is -2.18. The number of nitrogens with zero attached hydrogens (tertiary/aromatic N) is 1. The number of halogens is 1. The molecule has 0 spiro atoms. The minimum Gasteiger partial charge on any atom is -0.493 e. The normalized spacial score (nSPS) is 10.1. The first kappa shape index (κ1) is 15.3. The molecule has 0 aliphatic carbocycles. The number of amides is 1. The molecule has 1 rings (SSSR count). The first-order valence-corrected chi connectivity index (χ1v) is 6.23. The van der Waals surface area contributed by atoms with Gasteiger partial charge in [0.25, 0.3) is 5.91 Å². The molecule has 0 unspecified atom stereocenters. The summed E-state index contributed by atoms with van der Waals surface area (Å²) in [7, 11) is 1.55. The summed E-state index contributed by atoms with van der Waals surface area (Å²) in [6.07, 6.45) is -0.0974. The van der Waals surface area contributed by atoms with Crippen LogP contribution < -0.4 is 4.74 Å². The van der Waals surface area contributed by atoms with Gasteiger partial charge >= 0.3 is 5.97 Å². The lowest BCUT2D eigenvalue weighted by molar-refractivity contribution is -0.137. The molecule has 0 saturated heterocycles. The van der Waals surface area contributed by atoms with Crippen molar-refractivity contribution in [2.75, 3.05) is 20.2 Å². The van der Waals surface area contributed by atoms with Gasteiger partial charge in [0.15, 0.2) is 0 Å². The Kier molecular flexibility index (Phi) is 5.63. The number of aliphatic carboxylic acids is 1. The Bertz CT molecular complexity index is 476. The summed E-state index contributed by atoms with van der Waals surface area (Å²) in [4.78, 5) is 24.0. The summed E-state index contributed by atoms with van der Waals surface area (Å²) in [5, 5.41) is 9.09. The highest BCUT2D eigenvalue weighted by Gasteiger charge is 2.17. The van der Waals surface area contributed by atoms with E-state index in [1.165, 1.54) is 4.90 Å². The van der Waals surface area contributed by atoms with Crippen LogP contribution in [0.5, 0.6) is 5.75 Å². The Morgan fingerprint density at radius 1 is 1.42 bits per heavy atom. The van der Waals surface area contributed by atoms with Crippen LogP contribution in [0.25, 0.3) is 0 Å². The molecule has 0 aromatic heterocycles. The van der Waals surface area contributed by atoms with Gasteiger partial charge in [0.2, 0.25) is 0 Å². The molecule has 0 atom stereocenters. The summed E-state index contributed by atoms with van der Waals surface area (Å²) >= 11 is 5.86. The third-order valence-corrected chi connectivity index (χ3v) is 2.72. The number of rotatable bonds is 6. The maximum atomic E-state index is 12.2. The number of carboxylic acids is 1. The van der Waals surface area contributed by atoms with Crippen LogP contribution in [0.3, 0.4) is 0 Å². The van der Waals surface area contributed by atoms with E-state index in [-0.39, 0.29) is 18.9 Å². The monoisotopic (exact) mass is 285 g/mol. The van der Waals surface area contributed by atoms with E-state index < -0.39 is 5.97 Å². The van der Waals surface area contributed by atoms with Crippen molar-refractivity contribution in [3.63, 3.8) is 0 Å². The van der Waals surface area contributed by atoms with Crippen LogP contribution in [0.15, 0.2) is 18.2 Å². The van der Waals surface area contributed by atoms with Crippen molar-refractivity contribution in [3.8, 4) is 5.75 Å². The Morgan fingerprint density at radius 2 is 2.11 bits per heavy atom. The summed E-state index contributed by atoms with van der Waals surface area (Å²) in [6, 6.07) is 4.75. The van der Waals surface area contributed by atoms with Crippen LogP contribution in [0.1, 0.15) is 23.7 Å². The molecule has 0 heterocycles. The zero-order valence-electron chi connectivity index (χ0n) is 10.9. The second kappa shape index (κ2) is 6.99. The molecule has 6 heteroatoms. The maximum Gasteiger partial charge on any atom is 0.305 e. The molecule has 1 amide bonds. The van der Waals surface area contributed by atoms with E-state index >= 15 is 0 Å². The van der Waals surface area contributed by atoms with Crippen molar-refractivity contribution in [3.05, 3.63) is 28.8 Å². The SMILES string of the molecule is CCOc1cc(Cl)ccc1C(=O)N(C)CCC(=O)O. The third-order valence-electron chi connectivity index (χ3n) is 2.48. The first-order chi connectivity index (χ1) is 8.95. The molecule has 1 aromatic rings.